The zero-order valence-corrected chi connectivity index (χ0v) is 12.1. The van der Waals surface area contributed by atoms with Crippen molar-refractivity contribution in [2.75, 3.05) is 19.7 Å². The lowest BCUT2D eigenvalue weighted by atomic mass is 9.95. The minimum absolute atomic E-state index is 0.0265. The summed E-state index contributed by atoms with van der Waals surface area (Å²) < 4.78 is 0. The van der Waals surface area contributed by atoms with Crippen molar-refractivity contribution in [1.29, 1.82) is 0 Å². The lowest BCUT2D eigenvalue weighted by molar-refractivity contribution is -0.134. The number of hydrogen-bond acceptors (Lipinski definition) is 3. The Balaban J connectivity index is 2.01. The SMILES string of the molecule is CCCCN(CCO)C(=O)[C@H]1Cc2ccccc2CN1. The number of fused-ring (bicyclic) bond motifs is 1. The molecule has 1 heterocycles. The Bertz CT molecular complexity index is 448. The van der Waals surface area contributed by atoms with Crippen LogP contribution in [0.1, 0.15) is 30.9 Å². The first-order valence-electron chi connectivity index (χ1n) is 7.46. The second-order valence-corrected chi connectivity index (χ2v) is 5.31. The Morgan fingerprint density at radius 2 is 2.10 bits per heavy atom. The zero-order valence-electron chi connectivity index (χ0n) is 12.1. The van der Waals surface area contributed by atoms with Gasteiger partial charge in [-0.25, -0.2) is 0 Å². The summed E-state index contributed by atoms with van der Waals surface area (Å²) in [5.41, 5.74) is 2.53. The van der Waals surface area contributed by atoms with Gasteiger partial charge in [-0.1, -0.05) is 37.6 Å². The highest BCUT2D eigenvalue weighted by molar-refractivity contribution is 5.82. The van der Waals surface area contributed by atoms with E-state index >= 15 is 0 Å². The topological polar surface area (TPSA) is 52.6 Å². The molecule has 110 valence electrons. The second kappa shape index (κ2) is 7.41. The van der Waals surface area contributed by atoms with Gasteiger partial charge in [-0.15, -0.1) is 0 Å². The van der Waals surface area contributed by atoms with E-state index < -0.39 is 0 Å². The number of hydrogen-bond donors (Lipinski definition) is 2. The van der Waals surface area contributed by atoms with Crippen LogP contribution < -0.4 is 5.32 Å². The molecule has 1 amide bonds. The molecule has 0 spiro atoms. The van der Waals surface area contributed by atoms with Gasteiger partial charge in [-0.05, 0) is 24.0 Å². The third-order valence-corrected chi connectivity index (χ3v) is 3.84. The van der Waals surface area contributed by atoms with Crippen LogP contribution in [0.4, 0.5) is 0 Å². The summed E-state index contributed by atoms with van der Waals surface area (Å²) in [7, 11) is 0. The van der Waals surface area contributed by atoms with E-state index in [1.54, 1.807) is 4.90 Å². The Labute approximate surface area is 120 Å². The van der Waals surface area contributed by atoms with E-state index in [1.165, 1.54) is 11.1 Å². The standard InChI is InChI=1S/C16H24N2O2/c1-2-3-8-18(9-10-19)16(20)15-11-13-6-4-5-7-14(13)12-17-15/h4-7,15,17,19H,2-3,8-12H2,1H3/t15-/m1/s1. The molecule has 4 nitrogen and oxygen atoms in total. The fourth-order valence-electron chi connectivity index (χ4n) is 2.65. The molecule has 0 unspecified atom stereocenters. The van der Waals surface area contributed by atoms with Crippen LogP contribution >= 0.6 is 0 Å². The number of nitrogens with one attached hydrogen (secondary N) is 1. The molecule has 2 N–H and O–H groups in total. The number of benzene rings is 1. The van der Waals surface area contributed by atoms with Crippen LogP contribution in [0, 0.1) is 0 Å². The lowest BCUT2D eigenvalue weighted by Gasteiger charge is -2.30. The third-order valence-electron chi connectivity index (χ3n) is 3.84. The van der Waals surface area contributed by atoms with Crippen molar-refractivity contribution in [3.63, 3.8) is 0 Å². The van der Waals surface area contributed by atoms with Crippen molar-refractivity contribution in [3.05, 3.63) is 35.4 Å². The van der Waals surface area contributed by atoms with Gasteiger partial charge in [-0.2, -0.15) is 0 Å². The molecule has 2 rings (SSSR count). The molecular weight excluding hydrogens is 252 g/mol. The van der Waals surface area contributed by atoms with Crippen molar-refractivity contribution in [3.8, 4) is 0 Å². The maximum absolute atomic E-state index is 12.6. The van der Waals surface area contributed by atoms with Crippen LogP contribution in [0.15, 0.2) is 24.3 Å². The first-order chi connectivity index (χ1) is 9.76. The van der Waals surface area contributed by atoms with Crippen LogP contribution in [0.25, 0.3) is 0 Å². The highest BCUT2D eigenvalue weighted by Crippen LogP contribution is 2.17. The Morgan fingerprint density at radius 1 is 1.35 bits per heavy atom. The fourth-order valence-corrected chi connectivity index (χ4v) is 2.65. The van der Waals surface area contributed by atoms with Gasteiger partial charge in [0.2, 0.25) is 5.91 Å². The summed E-state index contributed by atoms with van der Waals surface area (Å²) in [6.07, 6.45) is 2.77. The largest absolute Gasteiger partial charge is 0.395 e. The molecule has 0 aliphatic carbocycles. The third kappa shape index (κ3) is 3.58. The van der Waals surface area contributed by atoms with Crippen LogP contribution in [-0.2, 0) is 17.8 Å². The Hall–Kier alpha value is -1.39. The highest BCUT2D eigenvalue weighted by Gasteiger charge is 2.27. The van der Waals surface area contributed by atoms with E-state index in [2.05, 4.69) is 24.4 Å². The van der Waals surface area contributed by atoms with Gasteiger partial charge < -0.3 is 15.3 Å². The highest BCUT2D eigenvalue weighted by atomic mass is 16.3. The minimum atomic E-state index is -0.159. The number of aliphatic hydroxyl groups excluding tert-OH is 1. The number of unbranched alkanes of at least 4 members (excludes halogenated alkanes) is 1. The second-order valence-electron chi connectivity index (χ2n) is 5.31. The van der Waals surface area contributed by atoms with Crippen LogP contribution in [0.5, 0.6) is 0 Å². The molecule has 1 aromatic rings. The molecule has 0 bridgehead atoms. The smallest absolute Gasteiger partial charge is 0.240 e. The molecule has 1 atom stereocenters. The molecule has 0 radical (unpaired) electrons. The van der Waals surface area contributed by atoms with E-state index in [0.717, 1.165) is 32.4 Å². The number of carbonyl (C=O) groups is 1. The van der Waals surface area contributed by atoms with E-state index in [1.807, 2.05) is 12.1 Å². The maximum atomic E-state index is 12.6. The molecular formula is C16H24N2O2. The number of aliphatic hydroxyl groups is 1. The van der Waals surface area contributed by atoms with Crippen LogP contribution in [0.3, 0.4) is 0 Å². The Kier molecular flexibility index (Phi) is 5.56. The van der Waals surface area contributed by atoms with Crippen molar-refractivity contribution >= 4 is 5.91 Å². The molecule has 20 heavy (non-hydrogen) atoms. The number of rotatable bonds is 6. The summed E-state index contributed by atoms with van der Waals surface area (Å²) in [6.45, 7) is 4.04. The molecule has 0 saturated carbocycles. The van der Waals surface area contributed by atoms with Crippen molar-refractivity contribution in [2.24, 2.45) is 0 Å². The first kappa shape index (κ1) is 15.0. The molecule has 0 aromatic heterocycles. The molecule has 0 fully saturated rings. The van der Waals surface area contributed by atoms with E-state index in [0.29, 0.717) is 6.54 Å². The molecule has 1 aromatic carbocycles. The van der Waals surface area contributed by atoms with Crippen LogP contribution in [0.2, 0.25) is 0 Å². The molecule has 1 aliphatic rings. The van der Waals surface area contributed by atoms with Crippen molar-refractivity contribution < 1.29 is 9.90 Å². The number of amides is 1. The molecule has 4 heteroatoms. The average Bonchev–Trinajstić information content (AvgIpc) is 2.50. The van der Waals surface area contributed by atoms with Crippen molar-refractivity contribution in [2.45, 2.75) is 38.8 Å². The lowest BCUT2D eigenvalue weighted by Crippen LogP contribution is -2.50. The van der Waals surface area contributed by atoms with Gasteiger partial charge in [0.25, 0.3) is 0 Å². The first-order valence-corrected chi connectivity index (χ1v) is 7.46. The van der Waals surface area contributed by atoms with Gasteiger partial charge in [0.05, 0.1) is 12.6 Å². The van der Waals surface area contributed by atoms with Crippen LogP contribution in [-0.4, -0.2) is 41.7 Å². The predicted octanol–water partition coefficient (Wildman–Crippen LogP) is 1.32. The van der Waals surface area contributed by atoms with E-state index in [-0.39, 0.29) is 18.6 Å². The van der Waals surface area contributed by atoms with Gasteiger partial charge >= 0.3 is 0 Å². The summed E-state index contributed by atoms with van der Waals surface area (Å²) >= 11 is 0. The predicted molar refractivity (Wildman–Crippen MR) is 79.3 cm³/mol. The molecule has 0 saturated heterocycles. The number of nitrogens with zero attached hydrogens (tertiary/aromatic N) is 1. The van der Waals surface area contributed by atoms with Gasteiger partial charge in [0, 0.05) is 19.6 Å². The maximum Gasteiger partial charge on any atom is 0.240 e. The normalized spacial score (nSPS) is 17.6. The van der Waals surface area contributed by atoms with Crippen molar-refractivity contribution in [1.82, 2.24) is 10.2 Å². The van der Waals surface area contributed by atoms with E-state index in [4.69, 9.17) is 5.11 Å². The van der Waals surface area contributed by atoms with Gasteiger partial charge in [-0.3, -0.25) is 4.79 Å². The van der Waals surface area contributed by atoms with Gasteiger partial charge in [0.15, 0.2) is 0 Å². The van der Waals surface area contributed by atoms with Gasteiger partial charge in [0.1, 0.15) is 0 Å². The average molecular weight is 276 g/mol. The summed E-state index contributed by atoms with van der Waals surface area (Å²) in [4.78, 5) is 14.3. The Morgan fingerprint density at radius 3 is 2.80 bits per heavy atom. The summed E-state index contributed by atoms with van der Waals surface area (Å²) in [5, 5.41) is 12.4. The quantitative estimate of drug-likeness (QED) is 0.824. The van der Waals surface area contributed by atoms with E-state index in [9.17, 15) is 4.79 Å². The fraction of sp³-hybridized carbons (Fsp3) is 0.562. The summed E-state index contributed by atoms with van der Waals surface area (Å²) in [5.74, 6) is 0.113. The molecule has 1 aliphatic heterocycles. The monoisotopic (exact) mass is 276 g/mol. The number of carbonyl (C=O) groups excluding carboxylic acids is 1. The zero-order chi connectivity index (χ0) is 14.4. The summed E-state index contributed by atoms with van der Waals surface area (Å²) in [6, 6.07) is 8.09. The minimum Gasteiger partial charge on any atom is -0.395 e.